The second kappa shape index (κ2) is 9.56. The number of amides is 1. The number of unbranched alkanes of at least 4 members (excludes halogenated alkanes) is 2. The van der Waals surface area contributed by atoms with Crippen molar-refractivity contribution in [3.63, 3.8) is 0 Å². The molecule has 4 heteroatoms. The molecule has 2 N–H and O–H groups in total. The number of aryl methyl sites for hydroxylation is 1. The summed E-state index contributed by atoms with van der Waals surface area (Å²) in [4.78, 5) is 11.9. The van der Waals surface area contributed by atoms with Crippen LogP contribution in [0.3, 0.4) is 0 Å². The molecule has 4 nitrogen and oxygen atoms in total. The van der Waals surface area contributed by atoms with Crippen LogP contribution in [0, 0.1) is 0 Å². The Balaban J connectivity index is 1.53. The van der Waals surface area contributed by atoms with Crippen LogP contribution in [0.5, 0.6) is 5.75 Å². The second-order valence-electron chi connectivity index (χ2n) is 6.48. The molecule has 1 aliphatic carbocycles. The van der Waals surface area contributed by atoms with Crippen molar-refractivity contribution in [3.05, 3.63) is 29.8 Å². The van der Waals surface area contributed by atoms with Crippen molar-refractivity contribution in [2.45, 2.75) is 69.9 Å². The Bertz CT molecular complexity index is 464. The molecule has 0 heterocycles. The van der Waals surface area contributed by atoms with Crippen LogP contribution in [0.1, 0.15) is 56.9 Å². The molecule has 1 aromatic rings. The quantitative estimate of drug-likeness (QED) is 0.723. The van der Waals surface area contributed by atoms with Gasteiger partial charge in [0.1, 0.15) is 5.75 Å². The average molecular weight is 319 g/mol. The van der Waals surface area contributed by atoms with Gasteiger partial charge in [0.15, 0.2) is 0 Å². The Labute approximate surface area is 139 Å². The molecule has 23 heavy (non-hydrogen) atoms. The van der Waals surface area contributed by atoms with Crippen LogP contribution in [0.4, 0.5) is 0 Å². The van der Waals surface area contributed by atoms with Gasteiger partial charge in [-0.2, -0.15) is 0 Å². The summed E-state index contributed by atoms with van der Waals surface area (Å²) in [7, 11) is 1.68. The number of hydrogen-bond donors (Lipinski definition) is 2. The maximum absolute atomic E-state index is 11.9. The van der Waals surface area contributed by atoms with Crippen LogP contribution >= 0.6 is 0 Å². The topological polar surface area (TPSA) is 58.6 Å². The van der Waals surface area contributed by atoms with Crippen molar-refractivity contribution < 1.29 is 14.6 Å². The molecule has 1 fully saturated rings. The molecule has 1 saturated carbocycles. The molecule has 0 atom stereocenters. The molecule has 0 spiro atoms. The van der Waals surface area contributed by atoms with Crippen LogP contribution < -0.4 is 10.1 Å². The van der Waals surface area contributed by atoms with E-state index in [0.29, 0.717) is 6.42 Å². The first kappa shape index (κ1) is 17.8. The molecule has 128 valence electrons. The maximum Gasteiger partial charge on any atom is 0.220 e. The highest BCUT2D eigenvalue weighted by molar-refractivity contribution is 5.76. The summed E-state index contributed by atoms with van der Waals surface area (Å²) in [5, 5.41) is 12.6. The fourth-order valence-electron chi connectivity index (χ4n) is 3.10. The molecule has 0 saturated heterocycles. The van der Waals surface area contributed by atoms with Crippen molar-refractivity contribution in [2.24, 2.45) is 0 Å². The van der Waals surface area contributed by atoms with Crippen LogP contribution in [0.2, 0.25) is 0 Å². The van der Waals surface area contributed by atoms with E-state index < -0.39 is 0 Å². The third kappa shape index (κ3) is 6.61. The normalized spacial score (nSPS) is 21.0. The van der Waals surface area contributed by atoms with Gasteiger partial charge in [-0.3, -0.25) is 4.79 Å². The van der Waals surface area contributed by atoms with Gasteiger partial charge in [0.2, 0.25) is 5.91 Å². The van der Waals surface area contributed by atoms with Gasteiger partial charge in [0, 0.05) is 12.5 Å². The fraction of sp³-hybridized carbons (Fsp3) is 0.632. The van der Waals surface area contributed by atoms with E-state index in [2.05, 4.69) is 17.4 Å². The van der Waals surface area contributed by atoms with Crippen LogP contribution in [-0.4, -0.2) is 30.3 Å². The van der Waals surface area contributed by atoms with Crippen molar-refractivity contribution in [1.29, 1.82) is 0 Å². The molecule has 1 aliphatic rings. The predicted molar refractivity (Wildman–Crippen MR) is 91.6 cm³/mol. The van der Waals surface area contributed by atoms with E-state index in [9.17, 15) is 9.90 Å². The molecule has 0 aliphatic heterocycles. The number of aliphatic hydroxyl groups is 1. The molecule has 0 radical (unpaired) electrons. The highest BCUT2D eigenvalue weighted by Gasteiger charge is 2.20. The van der Waals surface area contributed by atoms with E-state index in [1.807, 2.05) is 12.1 Å². The number of ether oxygens (including phenoxy) is 1. The van der Waals surface area contributed by atoms with Gasteiger partial charge in [0.25, 0.3) is 0 Å². The van der Waals surface area contributed by atoms with Gasteiger partial charge < -0.3 is 15.2 Å². The Morgan fingerprint density at radius 3 is 2.48 bits per heavy atom. The van der Waals surface area contributed by atoms with Gasteiger partial charge >= 0.3 is 0 Å². The number of benzene rings is 1. The Hall–Kier alpha value is -1.55. The van der Waals surface area contributed by atoms with Gasteiger partial charge in [-0.1, -0.05) is 18.6 Å². The van der Waals surface area contributed by atoms with E-state index in [-0.39, 0.29) is 18.1 Å². The standard InChI is InChI=1S/C19H29NO3/c1-23-18-13-7-15(8-14-18)5-3-2-4-6-19(22)20-16-9-11-17(21)12-10-16/h7-8,13-14,16-17,21H,2-6,9-12H2,1H3,(H,20,22). The first-order valence-electron chi connectivity index (χ1n) is 8.77. The largest absolute Gasteiger partial charge is 0.497 e. The zero-order chi connectivity index (χ0) is 16.5. The van der Waals surface area contributed by atoms with E-state index in [1.54, 1.807) is 7.11 Å². The first-order chi connectivity index (χ1) is 11.2. The number of aliphatic hydroxyl groups excluding tert-OH is 1. The van der Waals surface area contributed by atoms with Crippen LogP contribution in [-0.2, 0) is 11.2 Å². The number of carbonyl (C=O) groups is 1. The van der Waals surface area contributed by atoms with Crippen LogP contribution in [0.25, 0.3) is 0 Å². The van der Waals surface area contributed by atoms with Gasteiger partial charge in [-0.15, -0.1) is 0 Å². The van der Waals surface area contributed by atoms with Crippen molar-refractivity contribution >= 4 is 5.91 Å². The zero-order valence-corrected chi connectivity index (χ0v) is 14.1. The molecule has 0 aromatic heterocycles. The summed E-state index contributed by atoms with van der Waals surface area (Å²) in [5.41, 5.74) is 1.32. The SMILES string of the molecule is COc1ccc(CCCCCC(=O)NC2CCC(O)CC2)cc1. The van der Waals surface area contributed by atoms with E-state index >= 15 is 0 Å². The predicted octanol–water partition coefficient (Wildman–Crippen LogP) is 3.22. The van der Waals surface area contributed by atoms with Crippen molar-refractivity contribution in [2.75, 3.05) is 7.11 Å². The summed E-state index contributed by atoms with van der Waals surface area (Å²) < 4.78 is 5.15. The molecule has 0 unspecified atom stereocenters. The summed E-state index contributed by atoms with van der Waals surface area (Å²) in [5.74, 6) is 1.05. The first-order valence-corrected chi connectivity index (χ1v) is 8.77. The van der Waals surface area contributed by atoms with Gasteiger partial charge in [-0.05, 0) is 62.6 Å². The van der Waals surface area contributed by atoms with Crippen molar-refractivity contribution in [1.82, 2.24) is 5.32 Å². The minimum absolute atomic E-state index is 0.163. The zero-order valence-electron chi connectivity index (χ0n) is 14.1. The molecular weight excluding hydrogens is 290 g/mol. The van der Waals surface area contributed by atoms with Gasteiger partial charge in [-0.25, -0.2) is 0 Å². The average Bonchev–Trinajstić information content (AvgIpc) is 2.57. The monoisotopic (exact) mass is 319 g/mol. The highest BCUT2D eigenvalue weighted by atomic mass is 16.5. The summed E-state index contributed by atoms with van der Waals surface area (Å²) in [6.45, 7) is 0. The van der Waals surface area contributed by atoms with E-state index in [1.165, 1.54) is 5.56 Å². The third-order valence-corrected chi connectivity index (χ3v) is 4.59. The van der Waals surface area contributed by atoms with Crippen molar-refractivity contribution in [3.8, 4) is 5.75 Å². The Morgan fingerprint density at radius 1 is 1.13 bits per heavy atom. The van der Waals surface area contributed by atoms with E-state index in [4.69, 9.17) is 4.74 Å². The lowest BCUT2D eigenvalue weighted by Gasteiger charge is -2.26. The number of nitrogens with one attached hydrogen (secondary N) is 1. The number of rotatable bonds is 8. The second-order valence-corrected chi connectivity index (χ2v) is 6.48. The summed E-state index contributed by atoms with van der Waals surface area (Å²) in [6, 6.07) is 8.45. The number of methoxy groups -OCH3 is 1. The molecule has 1 amide bonds. The van der Waals surface area contributed by atoms with Crippen LogP contribution in [0.15, 0.2) is 24.3 Å². The smallest absolute Gasteiger partial charge is 0.220 e. The minimum Gasteiger partial charge on any atom is -0.497 e. The third-order valence-electron chi connectivity index (χ3n) is 4.59. The number of carbonyl (C=O) groups excluding carboxylic acids is 1. The summed E-state index contributed by atoms with van der Waals surface area (Å²) in [6.07, 6.45) is 8.05. The summed E-state index contributed by atoms with van der Waals surface area (Å²) >= 11 is 0. The van der Waals surface area contributed by atoms with Gasteiger partial charge in [0.05, 0.1) is 13.2 Å². The fourth-order valence-corrected chi connectivity index (χ4v) is 3.10. The minimum atomic E-state index is -0.166. The highest BCUT2D eigenvalue weighted by Crippen LogP contribution is 2.18. The molecule has 0 bridgehead atoms. The lowest BCUT2D eigenvalue weighted by molar-refractivity contribution is -0.122. The molecule has 2 rings (SSSR count). The lowest BCUT2D eigenvalue weighted by Crippen LogP contribution is -2.38. The Kier molecular flexibility index (Phi) is 7.40. The number of hydrogen-bond acceptors (Lipinski definition) is 3. The molecule has 1 aromatic carbocycles. The Morgan fingerprint density at radius 2 is 1.83 bits per heavy atom. The molecular formula is C19H29NO3. The van der Waals surface area contributed by atoms with E-state index in [0.717, 1.165) is 57.1 Å². The maximum atomic E-state index is 11.9. The lowest BCUT2D eigenvalue weighted by atomic mass is 9.93.